The zero-order chi connectivity index (χ0) is 11.1. The molecule has 1 rings (SSSR count). The molecule has 0 aliphatic carbocycles. The highest BCUT2D eigenvalue weighted by atomic mass is 16.3. The minimum atomic E-state index is 0.486. The average Bonchev–Trinajstić information content (AvgIpc) is 2.66. The summed E-state index contributed by atoms with van der Waals surface area (Å²) in [6.07, 6.45) is 3.83. The van der Waals surface area contributed by atoms with Crippen molar-refractivity contribution < 1.29 is 4.42 Å². The Kier molecular flexibility index (Phi) is 5.43. The molecule has 0 aliphatic heterocycles. The van der Waals surface area contributed by atoms with Gasteiger partial charge in [0.15, 0.2) is 0 Å². The smallest absolute Gasteiger partial charge is 0.118 e. The lowest BCUT2D eigenvalue weighted by Gasteiger charge is -2.14. The van der Waals surface area contributed by atoms with Crippen molar-refractivity contribution in [3.8, 4) is 0 Å². The Bertz CT molecular complexity index is 270. The molecule has 0 aromatic carbocycles. The van der Waals surface area contributed by atoms with Crippen LogP contribution >= 0.6 is 0 Å². The van der Waals surface area contributed by atoms with Crippen LogP contribution in [0.3, 0.4) is 0 Å². The van der Waals surface area contributed by atoms with Crippen molar-refractivity contribution in [2.45, 2.75) is 39.3 Å². The van der Waals surface area contributed by atoms with Gasteiger partial charge >= 0.3 is 0 Å². The zero-order valence-electron chi connectivity index (χ0n) is 9.83. The molecule has 0 aliphatic rings. The van der Waals surface area contributed by atoms with E-state index in [0.29, 0.717) is 6.54 Å². The van der Waals surface area contributed by atoms with Crippen molar-refractivity contribution in [1.29, 1.82) is 0 Å². The lowest BCUT2D eigenvalue weighted by molar-refractivity contribution is 0.285. The summed E-state index contributed by atoms with van der Waals surface area (Å²) < 4.78 is 5.54. The second-order valence-corrected chi connectivity index (χ2v) is 4.02. The summed E-state index contributed by atoms with van der Waals surface area (Å²) in [5, 5.41) is 0. The van der Waals surface area contributed by atoms with Gasteiger partial charge in [-0.05, 0) is 32.1 Å². The highest BCUT2D eigenvalue weighted by Crippen LogP contribution is 2.09. The molecule has 3 nitrogen and oxygen atoms in total. The van der Waals surface area contributed by atoms with Crippen LogP contribution in [0, 0.1) is 0 Å². The van der Waals surface area contributed by atoms with Gasteiger partial charge in [-0.2, -0.15) is 0 Å². The Hall–Kier alpha value is -0.800. The van der Waals surface area contributed by atoms with Gasteiger partial charge in [0.05, 0.1) is 13.1 Å². The summed E-state index contributed by atoms with van der Waals surface area (Å²) >= 11 is 0. The summed E-state index contributed by atoms with van der Waals surface area (Å²) in [6, 6.07) is 3.97. The van der Waals surface area contributed by atoms with Gasteiger partial charge in [-0.3, -0.25) is 4.90 Å². The van der Waals surface area contributed by atoms with Crippen LogP contribution in [0.4, 0.5) is 0 Å². The van der Waals surface area contributed by atoms with E-state index in [1.165, 1.54) is 19.3 Å². The molecule has 0 saturated heterocycles. The molecule has 1 aromatic rings. The van der Waals surface area contributed by atoms with Gasteiger partial charge in [-0.15, -0.1) is 0 Å². The van der Waals surface area contributed by atoms with Crippen molar-refractivity contribution in [2.24, 2.45) is 5.73 Å². The van der Waals surface area contributed by atoms with E-state index < -0.39 is 0 Å². The van der Waals surface area contributed by atoms with Crippen LogP contribution in [0.2, 0.25) is 0 Å². The number of nitrogens with zero attached hydrogens (tertiary/aromatic N) is 1. The predicted octanol–water partition coefficient (Wildman–Crippen LogP) is 2.36. The summed E-state index contributed by atoms with van der Waals surface area (Å²) in [5.41, 5.74) is 5.48. The van der Waals surface area contributed by atoms with E-state index >= 15 is 0 Å². The molecule has 15 heavy (non-hydrogen) atoms. The molecule has 2 N–H and O–H groups in total. The molecule has 0 fully saturated rings. The highest BCUT2D eigenvalue weighted by molar-refractivity contribution is 5.06. The predicted molar refractivity (Wildman–Crippen MR) is 62.5 cm³/mol. The fourth-order valence-electron chi connectivity index (χ4n) is 1.59. The Morgan fingerprint density at radius 3 is 2.60 bits per heavy atom. The molecule has 0 bridgehead atoms. The molecule has 0 atom stereocenters. The quantitative estimate of drug-likeness (QED) is 0.702. The Labute approximate surface area is 92.2 Å². The summed E-state index contributed by atoms with van der Waals surface area (Å²) in [6.45, 7) is 4.72. The molecular formula is C12H22N2O. The molecule has 3 heteroatoms. The number of hydrogen-bond donors (Lipinski definition) is 1. The third-order valence-electron chi connectivity index (χ3n) is 2.49. The van der Waals surface area contributed by atoms with Crippen LogP contribution < -0.4 is 5.73 Å². The molecule has 0 unspecified atom stereocenters. The van der Waals surface area contributed by atoms with Crippen molar-refractivity contribution in [2.75, 3.05) is 13.6 Å². The van der Waals surface area contributed by atoms with Gasteiger partial charge in [-0.25, -0.2) is 0 Å². The summed E-state index contributed by atoms with van der Waals surface area (Å²) in [4.78, 5) is 2.29. The van der Waals surface area contributed by atoms with Crippen molar-refractivity contribution in [3.05, 3.63) is 23.7 Å². The van der Waals surface area contributed by atoms with Crippen molar-refractivity contribution >= 4 is 0 Å². The first-order chi connectivity index (χ1) is 7.26. The van der Waals surface area contributed by atoms with E-state index in [2.05, 4.69) is 18.9 Å². The lowest BCUT2D eigenvalue weighted by atomic mass is 10.2. The first kappa shape index (κ1) is 12.3. The van der Waals surface area contributed by atoms with Crippen LogP contribution in [0.5, 0.6) is 0 Å². The summed E-state index contributed by atoms with van der Waals surface area (Å²) in [5.74, 6) is 1.88. The molecular weight excluding hydrogens is 188 g/mol. The second-order valence-electron chi connectivity index (χ2n) is 4.02. The lowest BCUT2D eigenvalue weighted by Crippen LogP contribution is -2.18. The van der Waals surface area contributed by atoms with Gasteiger partial charge in [0.2, 0.25) is 0 Å². The van der Waals surface area contributed by atoms with Gasteiger partial charge in [0.1, 0.15) is 11.5 Å². The maximum Gasteiger partial charge on any atom is 0.118 e. The van der Waals surface area contributed by atoms with E-state index in [9.17, 15) is 0 Å². The van der Waals surface area contributed by atoms with Gasteiger partial charge in [-0.1, -0.05) is 19.8 Å². The number of unbranched alkanes of at least 4 members (excludes halogenated alkanes) is 2. The van der Waals surface area contributed by atoms with Crippen LogP contribution in [-0.4, -0.2) is 18.5 Å². The summed E-state index contributed by atoms with van der Waals surface area (Å²) in [7, 11) is 2.13. The molecule has 1 aromatic heterocycles. The minimum Gasteiger partial charge on any atom is -0.463 e. The minimum absolute atomic E-state index is 0.486. The maximum atomic E-state index is 5.54. The Morgan fingerprint density at radius 1 is 1.27 bits per heavy atom. The van der Waals surface area contributed by atoms with E-state index in [-0.39, 0.29) is 0 Å². The van der Waals surface area contributed by atoms with Crippen LogP contribution in [0.25, 0.3) is 0 Å². The van der Waals surface area contributed by atoms with Gasteiger partial charge < -0.3 is 10.2 Å². The number of nitrogens with two attached hydrogens (primary N) is 1. The van der Waals surface area contributed by atoms with Crippen molar-refractivity contribution in [3.63, 3.8) is 0 Å². The first-order valence-corrected chi connectivity index (χ1v) is 5.72. The van der Waals surface area contributed by atoms with E-state index in [0.717, 1.165) is 24.6 Å². The fourth-order valence-corrected chi connectivity index (χ4v) is 1.59. The first-order valence-electron chi connectivity index (χ1n) is 5.72. The van der Waals surface area contributed by atoms with Crippen LogP contribution in [0.15, 0.2) is 16.5 Å². The SMILES string of the molecule is CCCCCN(C)Cc1ccc(CN)o1. The molecule has 0 spiro atoms. The number of hydrogen-bond acceptors (Lipinski definition) is 3. The third-order valence-corrected chi connectivity index (χ3v) is 2.49. The van der Waals surface area contributed by atoms with E-state index in [4.69, 9.17) is 10.2 Å². The Morgan fingerprint density at radius 2 is 2.00 bits per heavy atom. The molecule has 0 saturated carbocycles. The van der Waals surface area contributed by atoms with Gasteiger partial charge in [0, 0.05) is 0 Å². The highest BCUT2D eigenvalue weighted by Gasteiger charge is 2.04. The zero-order valence-corrected chi connectivity index (χ0v) is 9.83. The molecule has 86 valence electrons. The Balaban J connectivity index is 2.27. The molecule has 0 amide bonds. The van der Waals surface area contributed by atoms with Gasteiger partial charge in [0.25, 0.3) is 0 Å². The van der Waals surface area contributed by atoms with E-state index in [1.807, 2.05) is 12.1 Å². The molecule has 0 radical (unpaired) electrons. The fraction of sp³-hybridized carbons (Fsp3) is 0.667. The standard InChI is InChI=1S/C12H22N2O/c1-3-4-5-8-14(2)10-12-7-6-11(9-13)15-12/h6-7H,3-5,8-10,13H2,1-2H3. The number of rotatable bonds is 7. The average molecular weight is 210 g/mol. The maximum absolute atomic E-state index is 5.54. The van der Waals surface area contributed by atoms with E-state index in [1.54, 1.807) is 0 Å². The van der Waals surface area contributed by atoms with Crippen molar-refractivity contribution in [1.82, 2.24) is 4.90 Å². The van der Waals surface area contributed by atoms with Crippen LogP contribution in [0.1, 0.15) is 37.7 Å². The molecule has 1 heterocycles. The monoisotopic (exact) mass is 210 g/mol. The second kappa shape index (κ2) is 6.64. The topological polar surface area (TPSA) is 42.4 Å². The number of furan rings is 1. The van der Waals surface area contributed by atoms with Crippen LogP contribution in [-0.2, 0) is 13.1 Å². The largest absolute Gasteiger partial charge is 0.463 e. The third kappa shape index (κ3) is 4.49. The normalized spacial score (nSPS) is 11.2.